The van der Waals surface area contributed by atoms with Crippen molar-refractivity contribution < 1.29 is 8.78 Å². The minimum atomic E-state index is -0.781. The van der Waals surface area contributed by atoms with Crippen LogP contribution in [0.3, 0.4) is 0 Å². The molecule has 0 radical (unpaired) electrons. The molecule has 0 saturated heterocycles. The second kappa shape index (κ2) is 4.89. The zero-order valence-electron chi connectivity index (χ0n) is 8.58. The minimum Gasteiger partial charge on any atom is -0.375 e. The predicted molar refractivity (Wildman–Crippen MR) is 60.5 cm³/mol. The third kappa shape index (κ3) is 2.57. The average Bonchev–Trinajstić information content (AvgIpc) is 2.80. The molecule has 6 heteroatoms. The first-order valence-corrected chi connectivity index (χ1v) is 5.65. The lowest BCUT2D eigenvalue weighted by atomic mass is 10.2. The molecule has 0 fully saturated rings. The molecular weight excluding hydrogens is 244 g/mol. The number of rotatable bonds is 3. The summed E-state index contributed by atoms with van der Waals surface area (Å²) in [7, 11) is 0. The highest BCUT2D eigenvalue weighted by molar-refractivity contribution is 7.07. The molecule has 0 spiro atoms. The summed E-state index contributed by atoms with van der Waals surface area (Å²) in [5.41, 5.74) is 2.07. The molecule has 0 saturated carbocycles. The van der Waals surface area contributed by atoms with E-state index in [1.54, 1.807) is 17.0 Å². The van der Waals surface area contributed by atoms with Gasteiger partial charge >= 0.3 is 0 Å². The second-order valence-electron chi connectivity index (χ2n) is 3.26. The fraction of sp³-hybridized carbons (Fsp3) is 0.0909. The van der Waals surface area contributed by atoms with Gasteiger partial charge in [0.15, 0.2) is 11.6 Å². The highest BCUT2D eigenvalue weighted by Crippen LogP contribution is 2.21. The maximum Gasteiger partial charge on any atom is 0.150 e. The highest BCUT2D eigenvalue weighted by Gasteiger charge is 2.11. The van der Waals surface area contributed by atoms with E-state index in [4.69, 9.17) is 5.26 Å². The molecule has 0 bridgehead atoms. The van der Waals surface area contributed by atoms with E-state index in [1.807, 2.05) is 0 Å². The number of thiazole rings is 1. The summed E-state index contributed by atoms with van der Waals surface area (Å²) in [5, 5.41) is 12.9. The Morgan fingerprint density at radius 3 is 2.59 bits per heavy atom. The van der Waals surface area contributed by atoms with E-state index in [2.05, 4.69) is 10.3 Å². The second-order valence-corrected chi connectivity index (χ2v) is 3.98. The molecule has 0 aliphatic heterocycles. The van der Waals surface area contributed by atoms with Gasteiger partial charge in [0, 0.05) is 5.38 Å². The molecular formula is C11H7F2N3S. The summed E-state index contributed by atoms with van der Waals surface area (Å²) < 4.78 is 26.9. The molecule has 1 aromatic heterocycles. The van der Waals surface area contributed by atoms with Crippen LogP contribution >= 0.6 is 11.3 Å². The van der Waals surface area contributed by atoms with Gasteiger partial charge in [-0.05, 0) is 12.1 Å². The van der Waals surface area contributed by atoms with Gasteiger partial charge in [-0.1, -0.05) is 0 Å². The van der Waals surface area contributed by atoms with Crippen molar-refractivity contribution in [2.45, 2.75) is 6.54 Å². The Morgan fingerprint density at radius 1 is 1.35 bits per heavy atom. The van der Waals surface area contributed by atoms with E-state index in [0.717, 1.165) is 12.1 Å². The van der Waals surface area contributed by atoms with Crippen molar-refractivity contribution in [3.8, 4) is 6.07 Å². The van der Waals surface area contributed by atoms with Gasteiger partial charge in [0.25, 0.3) is 0 Å². The van der Waals surface area contributed by atoms with Crippen LogP contribution in [0.2, 0.25) is 0 Å². The molecule has 1 heterocycles. The van der Waals surface area contributed by atoms with Gasteiger partial charge in [-0.25, -0.2) is 13.8 Å². The number of nitrogens with zero attached hydrogens (tertiary/aromatic N) is 2. The van der Waals surface area contributed by atoms with Gasteiger partial charge in [0.05, 0.1) is 29.4 Å². The minimum absolute atomic E-state index is 0.0424. The van der Waals surface area contributed by atoms with Gasteiger partial charge in [0.2, 0.25) is 0 Å². The van der Waals surface area contributed by atoms with Crippen LogP contribution in [0, 0.1) is 23.0 Å². The van der Waals surface area contributed by atoms with Crippen LogP contribution in [0.25, 0.3) is 0 Å². The maximum absolute atomic E-state index is 13.5. The quantitative estimate of drug-likeness (QED) is 0.912. The monoisotopic (exact) mass is 251 g/mol. The number of anilines is 1. The SMILES string of the molecule is N#Cc1cc(F)c(NCc2cscn2)c(F)c1. The van der Waals surface area contributed by atoms with Gasteiger partial charge in [-0.3, -0.25) is 0 Å². The van der Waals surface area contributed by atoms with Crippen molar-refractivity contribution in [3.05, 3.63) is 45.9 Å². The first-order chi connectivity index (χ1) is 8.20. The average molecular weight is 251 g/mol. The van der Waals surface area contributed by atoms with Crippen molar-refractivity contribution in [1.82, 2.24) is 4.98 Å². The fourth-order valence-electron chi connectivity index (χ4n) is 1.31. The van der Waals surface area contributed by atoms with E-state index in [1.165, 1.54) is 11.3 Å². The Kier molecular flexibility index (Phi) is 3.30. The summed E-state index contributed by atoms with van der Waals surface area (Å²) in [6.45, 7) is 0.239. The zero-order valence-corrected chi connectivity index (χ0v) is 9.39. The Morgan fingerprint density at radius 2 is 2.06 bits per heavy atom. The largest absolute Gasteiger partial charge is 0.375 e. The highest BCUT2D eigenvalue weighted by atomic mass is 32.1. The Labute approximate surface area is 100 Å². The van der Waals surface area contributed by atoms with Crippen LogP contribution in [0.4, 0.5) is 14.5 Å². The number of benzene rings is 1. The van der Waals surface area contributed by atoms with Crippen LogP contribution in [-0.4, -0.2) is 4.98 Å². The third-order valence-corrected chi connectivity index (χ3v) is 2.74. The van der Waals surface area contributed by atoms with Gasteiger partial charge in [0.1, 0.15) is 5.69 Å². The van der Waals surface area contributed by atoms with Gasteiger partial charge < -0.3 is 5.32 Å². The van der Waals surface area contributed by atoms with E-state index in [-0.39, 0.29) is 17.8 Å². The van der Waals surface area contributed by atoms with Crippen molar-refractivity contribution in [2.24, 2.45) is 0 Å². The first-order valence-electron chi connectivity index (χ1n) is 4.71. The first kappa shape index (κ1) is 11.5. The Hall–Kier alpha value is -2.00. The molecule has 0 unspecified atom stereocenters. The molecule has 0 atom stereocenters. The molecule has 0 aliphatic rings. The summed E-state index contributed by atoms with van der Waals surface area (Å²) in [6, 6.07) is 3.67. The molecule has 2 aromatic rings. The summed E-state index contributed by atoms with van der Waals surface area (Å²) >= 11 is 1.41. The maximum atomic E-state index is 13.5. The number of halogens is 2. The van der Waals surface area contributed by atoms with Gasteiger partial charge in [-0.15, -0.1) is 11.3 Å². The Balaban J connectivity index is 2.19. The fourth-order valence-corrected chi connectivity index (χ4v) is 1.87. The standard InChI is InChI=1S/C11H7F2N3S/c12-9-1-7(3-14)2-10(13)11(9)15-4-8-5-17-6-16-8/h1-2,5-6,15H,4H2. The predicted octanol–water partition coefficient (Wildman–Crippen LogP) is 2.91. The lowest BCUT2D eigenvalue weighted by Gasteiger charge is -2.07. The normalized spacial score (nSPS) is 9.94. The lowest BCUT2D eigenvalue weighted by molar-refractivity contribution is 0.587. The molecule has 2 rings (SSSR count). The molecule has 3 nitrogen and oxygen atoms in total. The zero-order chi connectivity index (χ0) is 12.3. The van der Waals surface area contributed by atoms with Crippen molar-refractivity contribution in [1.29, 1.82) is 5.26 Å². The van der Waals surface area contributed by atoms with E-state index < -0.39 is 11.6 Å². The van der Waals surface area contributed by atoms with E-state index >= 15 is 0 Å². The van der Waals surface area contributed by atoms with Crippen LogP contribution in [0.15, 0.2) is 23.0 Å². The smallest absolute Gasteiger partial charge is 0.150 e. The van der Waals surface area contributed by atoms with Crippen LogP contribution < -0.4 is 5.32 Å². The molecule has 17 heavy (non-hydrogen) atoms. The summed E-state index contributed by atoms with van der Waals surface area (Å²) in [6.07, 6.45) is 0. The number of hydrogen-bond acceptors (Lipinski definition) is 4. The van der Waals surface area contributed by atoms with Crippen molar-refractivity contribution >= 4 is 17.0 Å². The van der Waals surface area contributed by atoms with E-state index in [0.29, 0.717) is 5.69 Å². The van der Waals surface area contributed by atoms with Crippen molar-refractivity contribution in [2.75, 3.05) is 5.32 Å². The lowest BCUT2D eigenvalue weighted by Crippen LogP contribution is -2.04. The molecule has 1 aromatic carbocycles. The van der Waals surface area contributed by atoms with Gasteiger partial charge in [-0.2, -0.15) is 5.26 Å². The van der Waals surface area contributed by atoms with Crippen LogP contribution in [0.1, 0.15) is 11.3 Å². The summed E-state index contributed by atoms with van der Waals surface area (Å²) in [5.74, 6) is -1.56. The Bertz CT molecular complexity index is 538. The summed E-state index contributed by atoms with van der Waals surface area (Å²) in [4.78, 5) is 3.98. The molecule has 0 aliphatic carbocycles. The van der Waals surface area contributed by atoms with Crippen LogP contribution in [0.5, 0.6) is 0 Å². The molecule has 1 N–H and O–H groups in total. The van der Waals surface area contributed by atoms with E-state index in [9.17, 15) is 8.78 Å². The number of hydrogen-bond donors (Lipinski definition) is 1. The molecule has 86 valence electrons. The van der Waals surface area contributed by atoms with Crippen LogP contribution in [-0.2, 0) is 6.54 Å². The topological polar surface area (TPSA) is 48.7 Å². The number of nitrogens with one attached hydrogen (secondary N) is 1. The van der Waals surface area contributed by atoms with Crippen molar-refractivity contribution in [3.63, 3.8) is 0 Å². The number of nitriles is 1. The molecule has 0 amide bonds. The number of aromatic nitrogens is 1. The third-order valence-electron chi connectivity index (χ3n) is 2.10.